The van der Waals surface area contributed by atoms with E-state index in [0.29, 0.717) is 24.2 Å². The van der Waals surface area contributed by atoms with E-state index in [9.17, 15) is 4.79 Å². The summed E-state index contributed by atoms with van der Waals surface area (Å²) in [6, 6.07) is 5.56. The summed E-state index contributed by atoms with van der Waals surface area (Å²) in [4.78, 5) is 11.9. The van der Waals surface area contributed by atoms with Crippen LogP contribution in [0.1, 0.15) is 70.9 Å². The van der Waals surface area contributed by atoms with Gasteiger partial charge in [-0.15, -0.1) is 12.4 Å². The largest absolute Gasteiger partial charge is 0.457 e. The highest BCUT2D eigenvalue weighted by atomic mass is 35.5. The van der Waals surface area contributed by atoms with Gasteiger partial charge in [-0.25, -0.2) is 0 Å². The average molecular weight is 358 g/mol. The summed E-state index contributed by atoms with van der Waals surface area (Å²) >= 11 is 0. The van der Waals surface area contributed by atoms with Gasteiger partial charge in [0.1, 0.15) is 11.8 Å². The third-order valence-electron chi connectivity index (χ3n) is 3.75. The number of para-hydroxylation sites is 1. The Balaban J connectivity index is 0.00000529. The van der Waals surface area contributed by atoms with Crippen molar-refractivity contribution in [2.75, 3.05) is 6.79 Å². The number of carbonyl (C=O) groups excluding carboxylic acids is 1. The summed E-state index contributed by atoms with van der Waals surface area (Å²) in [5.41, 5.74) is 8.07. The molecule has 1 aromatic carbocycles. The van der Waals surface area contributed by atoms with Crippen LogP contribution in [0.4, 0.5) is 0 Å². The SMILES string of the molecule is CC(C)CC(N)C(=O)OCOc1c(C(C)C)cccc1C(C)C.Cl. The molecule has 0 spiro atoms. The van der Waals surface area contributed by atoms with Gasteiger partial charge in [-0.2, -0.15) is 0 Å². The first-order valence-corrected chi connectivity index (χ1v) is 8.41. The molecule has 0 aliphatic carbocycles. The summed E-state index contributed by atoms with van der Waals surface area (Å²) in [6.45, 7) is 12.4. The summed E-state index contributed by atoms with van der Waals surface area (Å²) < 4.78 is 11.0. The summed E-state index contributed by atoms with van der Waals surface area (Å²) in [6.07, 6.45) is 0.610. The Morgan fingerprint density at radius 3 is 1.96 bits per heavy atom. The lowest BCUT2D eigenvalue weighted by Gasteiger charge is -2.20. The monoisotopic (exact) mass is 357 g/mol. The molecule has 0 radical (unpaired) electrons. The van der Waals surface area contributed by atoms with E-state index in [2.05, 4.69) is 39.8 Å². The highest BCUT2D eigenvalue weighted by Crippen LogP contribution is 2.34. The summed E-state index contributed by atoms with van der Waals surface area (Å²) in [7, 11) is 0. The number of nitrogens with two attached hydrogens (primary N) is 1. The van der Waals surface area contributed by atoms with Crippen molar-refractivity contribution in [1.82, 2.24) is 0 Å². The number of benzene rings is 1. The molecule has 5 heteroatoms. The minimum Gasteiger partial charge on any atom is -0.457 e. The van der Waals surface area contributed by atoms with Crippen molar-refractivity contribution in [2.24, 2.45) is 11.7 Å². The van der Waals surface area contributed by atoms with Gasteiger partial charge in [-0.3, -0.25) is 4.79 Å². The zero-order valence-electron chi connectivity index (χ0n) is 15.7. The summed E-state index contributed by atoms with van der Waals surface area (Å²) in [5, 5.41) is 0. The first kappa shape index (κ1) is 22.7. The van der Waals surface area contributed by atoms with Crippen molar-refractivity contribution < 1.29 is 14.3 Å². The van der Waals surface area contributed by atoms with Crippen molar-refractivity contribution in [2.45, 2.75) is 65.8 Å². The van der Waals surface area contributed by atoms with Crippen LogP contribution in [0.3, 0.4) is 0 Å². The summed E-state index contributed by atoms with van der Waals surface area (Å²) in [5.74, 6) is 1.44. The van der Waals surface area contributed by atoms with Gasteiger partial charge in [0.25, 0.3) is 0 Å². The second kappa shape index (κ2) is 10.6. The molecule has 24 heavy (non-hydrogen) atoms. The fourth-order valence-corrected chi connectivity index (χ4v) is 2.51. The topological polar surface area (TPSA) is 61.6 Å². The highest BCUT2D eigenvalue weighted by Gasteiger charge is 2.18. The van der Waals surface area contributed by atoms with E-state index in [0.717, 1.165) is 16.9 Å². The molecule has 138 valence electrons. The highest BCUT2D eigenvalue weighted by molar-refractivity contribution is 5.85. The van der Waals surface area contributed by atoms with Crippen molar-refractivity contribution in [3.63, 3.8) is 0 Å². The molecular weight excluding hydrogens is 326 g/mol. The number of carbonyl (C=O) groups is 1. The van der Waals surface area contributed by atoms with Gasteiger partial charge >= 0.3 is 5.97 Å². The molecule has 0 aliphatic heterocycles. The molecule has 1 aromatic rings. The lowest BCUT2D eigenvalue weighted by molar-refractivity contribution is -0.152. The molecule has 0 saturated carbocycles. The number of hydrogen-bond acceptors (Lipinski definition) is 4. The van der Waals surface area contributed by atoms with E-state index in [1.165, 1.54) is 0 Å². The molecule has 0 amide bonds. The predicted molar refractivity (Wildman–Crippen MR) is 101 cm³/mol. The van der Waals surface area contributed by atoms with Gasteiger partial charge in [0.2, 0.25) is 6.79 Å². The van der Waals surface area contributed by atoms with Crippen LogP contribution in [0.25, 0.3) is 0 Å². The number of halogens is 1. The van der Waals surface area contributed by atoms with Crippen molar-refractivity contribution in [3.8, 4) is 5.75 Å². The zero-order valence-corrected chi connectivity index (χ0v) is 16.5. The normalized spacial score (nSPS) is 12.2. The Kier molecular flexibility index (Phi) is 10.0. The first-order valence-electron chi connectivity index (χ1n) is 8.41. The maximum absolute atomic E-state index is 11.9. The van der Waals surface area contributed by atoms with E-state index in [1.54, 1.807) is 0 Å². The molecule has 4 nitrogen and oxygen atoms in total. The molecule has 0 heterocycles. The smallest absolute Gasteiger partial charge is 0.325 e. The molecule has 0 fully saturated rings. The van der Waals surface area contributed by atoms with Crippen LogP contribution in [0, 0.1) is 5.92 Å². The molecule has 1 atom stereocenters. The van der Waals surface area contributed by atoms with Gasteiger partial charge in [0.05, 0.1) is 0 Å². The molecule has 1 unspecified atom stereocenters. The Labute approximate surface area is 152 Å². The van der Waals surface area contributed by atoms with Crippen LogP contribution in [0.5, 0.6) is 5.75 Å². The number of rotatable bonds is 8. The molecular formula is C19H32ClNO3. The molecule has 0 saturated heterocycles. The predicted octanol–water partition coefficient (Wildman–Crippen LogP) is 4.61. The fourth-order valence-electron chi connectivity index (χ4n) is 2.51. The van der Waals surface area contributed by atoms with Crippen LogP contribution < -0.4 is 10.5 Å². The third kappa shape index (κ3) is 6.70. The van der Waals surface area contributed by atoms with E-state index in [1.807, 2.05) is 19.9 Å². The van der Waals surface area contributed by atoms with Gasteiger partial charge in [-0.05, 0) is 35.3 Å². The quantitative estimate of drug-likeness (QED) is 0.545. The van der Waals surface area contributed by atoms with Gasteiger partial charge in [0, 0.05) is 0 Å². The molecule has 0 bridgehead atoms. The van der Waals surface area contributed by atoms with Crippen LogP contribution in [0.15, 0.2) is 18.2 Å². The van der Waals surface area contributed by atoms with E-state index in [4.69, 9.17) is 15.2 Å². The molecule has 0 aromatic heterocycles. The number of esters is 1. The van der Waals surface area contributed by atoms with Crippen LogP contribution >= 0.6 is 12.4 Å². The molecule has 1 rings (SSSR count). The zero-order chi connectivity index (χ0) is 17.6. The Morgan fingerprint density at radius 2 is 1.54 bits per heavy atom. The van der Waals surface area contributed by atoms with Gasteiger partial charge < -0.3 is 15.2 Å². The second-order valence-corrected chi connectivity index (χ2v) is 7.04. The lowest BCUT2D eigenvalue weighted by Crippen LogP contribution is -2.34. The second-order valence-electron chi connectivity index (χ2n) is 7.04. The number of ether oxygens (including phenoxy) is 2. The van der Waals surface area contributed by atoms with Crippen LogP contribution in [-0.4, -0.2) is 18.8 Å². The third-order valence-corrected chi connectivity index (χ3v) is 3.75. The minimum atomic E-state index is -0.594. The van der Waals surface area contributed by atoms with Gasteiger partial charge in [-0.1, -0.05) is 59.7 Å². The molecule has 0 aliphatic rings. The maximum atomic E-state index is 11.9. The van der Waals surface area contributed by atoms with Gasteiger partial charge in [0.15, 0.2) is 0 Å². The lowest BCUT2D eigenvalue weighted by atomic mass is 9.94. The van der Waals surface area contributed by atoms with E-state index in [-0.39, 0.29) is 19.2 Å². The van der Waals surface area contributed by atoms with Crippen molar-refractivity contribution in [3.05, 3.63) is 29.3 Å². The van der Waals surface area contributed by atoms with Crippen LogP contribution in [0.2, 0.25) is 0 Å². The maximum Gasteiger partial charge on any atom is 0.325 e. The van der Waals surface area contributed by atoms with Crippen molar-refractivity contribution >= 4 is 18.4 Å². The van der Waals surface area contributed by atoms with Crippen molar-refractivity contribution in [1.29, 1.82) is 0 Å². The Bertz CT molecular complexity index is 489. The average Bonchev–Trinajstić information content (AvgIpc) is 2.45. The van der Waals surface area contributed by atoms with E-state index >= 15 is 0 Å². The first-order chi connectivity index (χ1) is 10.7. The molecule has 2 N–H and O–H groups in total. The Morgan fingerprint density at radius 1 is 1.04 bits per heavy atom. The Hall–Kier alpha value is -1.26. The standard InChI is InChI=1S/C19H31NO3.ClH/c1-12(2)10-17(20)19(21)23-11-22-18-15(13(3)4)8-7-9-16(18)14(5)6;/h7-9,12-14,17H,10-11,20H2,1-6H3;1H. The fraction of sp³-hybridized carbons (Fsp3) is 0.632. The van der Waals surface area contributed by atoms with Crippen LogP contribution in [-0.2, 0) is 9.53 Å². The number of hydrogen-bond donors (Lipinski definition) is 1. The minimum absolute atomic E-state index is 0. The van der Waals surface area contributed by atoms with E-state index < -0.39 is 12.0 Å².